The highest BCUT2D eigenvalue weighted by Gasteiger charge is 2.08. The molecule has 122 valence electrons. The lowest BCUT2D eigenvalue weighted by atomic mass is 10.0. The molecule has 0 saturated carbocycles. The summed E-state index contributed by atoms with van der Waals surface area (Å²) in [5, 5.41) is 9.29. The van der Waals surface area contributed by atoms with Crippen molar-refractivity contribution in [3.05, 3.63) is 83.4 Å². The van der Waals surface area contributed by atoms with Crippen LogP contribution in [-0.4, -0.2) is 10.8 Å². The van der Waals surface area contributed by atoms with Crippen LogP contribution in [0, 0.1) is 5.41 Å². The number of halogens is 1. The molecule has 0 spiro atoms. The number of amidine groups is 1. The predicted molar refractivity (Wildman–Crippen MR) is 105 cm³/mol. The Morgan fingerprint density at radius 2 is 1.60 bits per heavy atom. The zero-order chi connectivity index (χ0) is 17.4. The molecule has 4 aromatic rings. The summed E-state index contributed by atoms with van der Waals surface area (Å²) in [5.41, 5.74) is 11.5. The Morgan fingerprint density at radius 3 is 2.36 bits per heavy atom. The van der Waals surface area contributed by atoms with Crippen LogP contribution in [0.3, 0.4) is 0 Å². The zero-order valence-electron chi connectivity index (χ0n) is 13.4. The fourth-order valence-corrected chi connectivity index (χ4v) is 3.23. The largest absolute Gasteiger partial charge is 0.384 e. The second kappa shape index (κ2) is 6.11. The van der Waals surface area contributed by atoms with Gasteiger partial charge >= 0.3 is 0 Å². The third-order valence-corrected chi connectivity index (χ3v) is 4.47. The number of H-pyrrole nitrogens is 1. The second-order valence-electron chi connectivity index (χ2n) is 5.99. The van der Waals surface area contributed by atoms with Crippen molar-refractivity contribution in [2.75, 3.05) is 0 Å². The maximum atomic E-state index is 7.58. The van der Waals surface area contributed by atoms with Gasteiger partial charge in [-0.2, -0.15) is 0 Å². The van der Waals surface area contributed by atoms with Crippen molar-refractivity contribution in [2.45, 2.75) is 0 Å². The normalized spacial score (nSPS) is 10.9. The molecule has 0 aliphatic carbocycles. The van der Waals surface area contributed by atoms with E-state index in [0.717, 1.165) is 33.3 Å². The summed E-state index contributed by atoms with van der Waals surface area (Å²) in [4.78, 5) is 3.41. The highest BCUT2D eigenvalue weighted by molar-refractivity contribution is 6.31. The minimum absolute atomic E-state index is 0.0683. The SMILES string of the molecule is N=C(N)c1ccc2[nH]c(-c3cc(Cl)cc(-c4ccccc4)c3)cc2c1. The van der Waals surface area contributed by atoms with Crippen LogP contribution in [0.2, 0.25) is 5.02 Å². The van der Waals surface area contributed by atoms with Crippen LogP contribution >= 0.6 is 11.6 Å². The Hall–Kier alpha value is -3.04. The third-order valence-electron chi connectivity index (χ3n) is 4.25. The summed E-state index contributed by atoms with van der Waals surface area (Å²) < 4.78 is 0. The number of fused-ring (bicyclic) bond motifs is 1. The molecular formula is C21H16ClN3. The van der Waals surface area contributed by atoms with E-state index in [1.54, 1.807) is 0 Å². The van der Waals surface area contributed by atoms with E-state index in [0.29, 0.717) is 10.6 Å². The van der Waals surface area contributed by atoms with Gasteiger partial charge in [-0.25, -0.2) is 0 Å². The van der Waals surface area contributed by atoms with E-state index in [2.05, 4.69) is 29.2 Å². The molecule has 25 heavy (non-hydrogen) atoms. The number of nitrogen functional groups attached to an aromatic ring is 1. The lowest BCUT2D eigenvalue weighted by Gasteiger charge is -2.06. The molecular weight excluding hydrogens is 330 g/mol. The average molecular weight is 346 g/mol. The first-order valence-corrected chi connectivity index (χ1v) is 8.31. The van der Waals surface area contributed by atoms with Crippen molar-refractivity contribution in [2.24, 2.45) is 5.73 Å². The third kappa shape index (κ3) is 3.02. The van der Waals surface area contributed by atoms with Gasteiger partial charge in [0.1, 0.15) is 5.84 Å². The van der Waals surface area contributed by atoms with Crippen molar-refractivity contribution in [1.82, 2.24) is 4.98 Å². The maximum Gasteiger partial charge on any atom is 0.122 e. The van der Waals surface area contributed by atoms with Gasteiger partial charge in [0.25, 0.3) is 0 Å². The monoisotopic (exact) mass is 345 g/mol. The van der Waals surface area contributed by atoms with E-state index in [-0.39, 0.29) is 5.84 Å². The molecule has 0 bridgehead atoms. The van der Waals surface area contributed by atoms with E-state index in [1.165, 1.54) is 0 Å². The van der Waals surface area contributed by atoms with Crippen molar-refractivity contribution in [3.8, 4) is 22.4 Å². The van der Waals surface area contributed by atoms with Gasteiger partial charge in [0.05, 0.1) is 0 Å². The van der Waals surface area contributed by atoms with Crippen molar-refractivity contribution in [1.29, 1.82) is 5.41 Å². The molecule has 4 rings (SSSR count). The molecule has 0 fully saturated rings. The molecule has 3 aromatic carbocycles. The summed E-state index contributed by atoms with van der Waals surface area (Å²) in [6, 6.07) is 24.0. The van der Waals surface area contributed by atoms with Crippen LogP contribution in [0.15, 0.2) is 72.8 Å². The molecule has 0 saturated heterocycles. The topological polar surface area (TPSA) is 65.7 Å². The number of nitrogens with two attached hydrogens (primary N) is 1. The Labute approximate surface area is 150 Å². The summed E-state index contributed by atoms with van der Waals surface area (Å²) in [5.74, 6) is 0.0683. The van der Waals surface area contributed by atoms with Crippen molar-refractivity contribution < 1.29 is 0 Å². The van der Waals surface area contributed by atoms with Gasteiger partial charge in [-0.15, -0.1) is 0 Å². The number of benzene rings is 3. The lowest BCUT2D eigenvalue weighted by molar-refractivity contribution is 1.42. The fraction of sp³-hybridized carbons (Fsp3) is 0. The minimum atomic E-state index is 0.0683. The van der Waals surface area contributed by atoms with Gasteiger partial charge < -0.3 is 10.7 Å². The molecule has 4 N–H and O–H groups in total. The van der Waals surface area contributed by atoms with E-state index >= 15 is 0 Å². The van der Waals surface area contributed by atoms with Crippen LogP contribution in [0.25, 0.3) is 33.3 Å². The Balaban J connectivity index is 1.83. The van der Waals surface area contributed by atoms with Crippen LogP contribution in [0.1, 0.15) is 5.56 Å². The lowest BCUT2D eigenvalue weighted by Crippen LogP contribution is -2.10. The highest BCUT2D eigenvalue weighted by Crippen LogP contribution is 2.31. The van der Waals surface area contributed by atoms with Crippen molar-refractivity contribution in [3.63, 3.8) is 0 Å². The zero-order valence-corrected chi connectivity index (χ0v) is 14.1. The first-order valence-electron chi connectivity index (χ1n) is 7.94. The minimum Gasteiger partial charge on any atom is -0.384 e. The Bertz CT molecular complexity index is 1080. The van der Waals surface area contributed by atoms with E-state index < -0.39 is 0 Å². The van der Waals surface area contributed by atoms with Gasteiger partial charge in [0.15, 0.2) is 0 Å². The quantitative estimate of drug-likeness (QED) is 0.336. The van der Waals surface area contributed by atoms with Crippen LogP contribution in [-0.2, 0) is 0 Å². The number of rotatable bonds is 3. The van der Waals surface area contributed by atoms with Crippen molar-refractivity contribution >= 4 is 28.3 Å². The molecule has 0 unspecified atom stereocenters. The first kappa shape index (κ1) is 15.5. The van der Waals surface area contributed by atoms with E-state index in [4.69, 9.17) is 22.7 Å². The fourth-order valence-electron chi connectivity index (χ4n) is 3.00. The maximum absolute atomic E-state index is 7.58. The smallest absolute Gasteiger partial charge is 0.122 e. The second-order valence-corrected chi connectivity index (χ2v) is 6.43. The molecule has 0 radical (unpaired) electrons. The molecule has 4 heteroatoms. The Morgan fingerprint density at radius 1 is 0.840 bits per heavy atom. The number of nitrogens with one attached hydrogen (secondary N) is 2. The molecule has 0 aliphatic rings. The summed E-state index contributed by atoms with van der Waals surface area (Å²) in [7, 11) is 0. The van der Waals surface area contributed by atoms with Gasteiger partial charge in [-0.1, -0.05) is 41.9 Å². The molecule has 0 aliphatic heterocycles. The molecule has 0 atom stereocenters. The van der Waals surface area contributed by atoms with Gasteiger partial charge in [0.2, 0.25) is 0 Å². The number of aromatic amines is 1. The van der Waals surface area contributed by atoms with Crippen LogP contribution in [0.5, 0.6) is 0 Å². The number of hydrogen-bond acceptors (Lipinski definition) is 1. The van der Waals surface area contributed by atoms with Crippen LogP contribution < -0.4 is 5.73 Å². The van der Waals surface area contributed by atoms with E-state index in [9.17, 15) is 0 Å². The van der Waals surface area contributed by atoms with E-state index in [1.807, 2.05) is 48.5 Å². The summed E-state index contributed by atoms with van der Waals surface area (Å²) in [6.07, 6.45) is 0. The molecule has 1 aromatic heterocycles. The average Bonchev–Trinajstić information content (AvgIpc) is 3.05. The number of aromatic nitrogens is 1. The predicted octanol–water partition coefficient (Wildman–Crippen LogP) is 5.44. The summed E-state index contributed by atoms with van der Waals surface area (Å²) >= 11 is 6.36. The number of hydrogen-bond donors (Lipinski definition) is 3. The van der Waals surface area contributed by atoms with Crippen LogP contribution in [0.4, 0.5) is 0 Å². The van der Waals surface area contributed by atoms with Gasteiger partial charge in [0, 0.05) is 32.7 Å². The highest BCUT2D eigenvalue weighted by atomic mass is 35.5. The molecule has 3 nitrogen and oxygen atoms in total. The summed E-state index contributed by atoms with van der Waals surface area (Å²) in [6.45, 7) is 0. The van der Waals surface area contributed by atoms with Gasteiger partial charge in [-0.3, -0.25) is 5.41 Å². The first-order chi connectivity index (χ1) is 12.1. The molecule has 0 amide bonds. The van der Waals surface area contributed by atoms with Gasteiger partial charge in [-0.05, 0) is 53.6 Å². The molecule has 1 heterocycles. The Kier molecular flexibility index (Phi) is 3.79. The standard InChI is InChI=1S/C21H16ClN3/c22-18-10-15(13-4-2-1-3-5-13)9-16(11-18)20-12-17-8-14(21(23)24)6-7-19(17)25-20/h1-12,25H,(H3,23,24).